The topological polar surface area (TPSA) is 71.6 Å². The van der Waals surface area contributed by atoms with E-state index < -0.39 is 0 Å². The molecule has 3 aromatic rings. The molecule has 160 valence electrons. The third kappa shape index (κ3) is 3.93. The predicted molar refractivity (Wildman–Crippen MR) is 116 cm³/mol. The zero-order chi connectivity index (χ0) is 21.4. The van der Waals surface area contributed by atoms with Gasteiger partial charge in [-0.2, -0.15) is 0 Å². The first-order valence-corrected chi connectivity index (χ1v) is 10.7. The molecule has 0 aromatic carbocycles. The molecular weight excluding hydrogens is 392 g/mol. The van der Waals surface area contributed by atoms with Crippen LogP contribution in [0.2, 0.25) is 0 Å². The zero-order valence-electron chi connectivity index (χ0n) is 17.6. The Balaban J connectivity index is 1.35. The summed E-state index contributed by atoms with van der Waals surface area (Å²) in [5.74, 6) is 0.451. The lowest BCUT2D eigenvalue weighted by atomic mass is 9.83. The molecule has 1 fully saturated rings. The number of rotatable bonds is 5. The lowest BCUT2D eigenvalue weighted by Crippen LogP contribution is -2.47. The smallest absolute Gasteiger partial charge is 0.263 e. The van der Waals surface area contributed by atoms with Crippen molar-refractivity contribution in [2.45, 2.75) is 32.0 Å². The summed E-state index contributed by atoms with van der Waals surface area (Å²) in [5.41, 5.74) is 3.08. The summed E-state index contributed by atoms with van der Waals surface area (Å²) >= 11 is 0. The number of pyridine rings is 2. The van der Waals surface area contributed by atoms with Gasteiger partial charge in [0.15, 0.2) is 0 Å². The van der Waals surface area contributed by atoms with Crippen LogP contribution < -0.4 is 5.56 Å². The fourth-order valence-electron chi connectivity index (χ4n) is 4.99. The second-order valence-electron chi connectivity index (χ2n) is 8.69. The summed E-state index contributed by atoms with van der Waals surface area (Å²) < 4.78 is 6.92. The minimum atomic E-state index is -0.256. The van der Waals surface area contributed by atoms with E-state index in [2.05, 4.69) is 16.0 Å². The standard InChI is InChI=1S/C24H26N4O3/c1-26(11-17-7-9-31-16-17)23(29)21-5-6-22-19-10-18(13-28(22)24(21)30)12-27(14-19)15-20-4-2-3-8-25-20/h2-9,16,18-19H,10-15H2,1H3/t18-,19+/m0/s1. The van der Waals surface area contributed by atoms with Gasteiger partial charge in [0.1, 0.15) is 5.56 Å². The van der Waals surface area contributed by atoms with Crippen molar-refractivity contribution >= 4 is 5.91 Å². The van der Waals surface area contributed by atoms with Crippen LogP contribution in [0.1, 0.15) is 39.6 Å². The number of hydrogen-bond donors (Lipinski definition) is 0. The summed E-state index contributed by atoms with van der Waals surface area (Å²) in [6, 6.07) is 11.5. The van der Waals surface area contributed by atoms with Gasteiger partial charge in [-0.05, 0) is 42.7 Å². The molecule has 2 bridgehead atoms. The molecule has 2 aliphatic rings. The minimum Gasteiger partial charge on any atom is -0.472 e. The first-order valence-electron chi connectivity index (χ1n) is 10.7. The molecule has 1 saturated heterocycles. The Bertz CT molecular complexity index is 1120. The highest BCUT2D eigenvalue weighted by Gasteiger charge is 2.35. The van der Waals surface area contributed by atoms with Gasteiger partial charge in [-0.1, -0.05) is 6.07 Å². The van der Waals surface area contributed by atoms with Crippen molar-refractivity contribution < 1.29 is 9.21 Å². The van der Waals surface area contributed by atoms with Gasteiger partial charge in [0.05, 0.1) is 18.2 Å². The summed E-state index contributed by atoms with van der Waals surface area (Å²) in [6.07, 6.45) is 6.11. The van der Waals surface area contributed by atoms with Crippen LogP contribution in [-0.2, 0) is 19.6 Å². The van der Waals surface area contributed by atoms with E-state index in [1.807, 2.05) is 35.0 Å². The quantitative estimate of drug-likeness (QED) is 0.637. The Kier molecular flexibility index (Phi) is 5.19. The Labute approximate surface area is 180 Å². The van der Waals surface area contributed by atoms with Crippen molar-refractivity contribution in [2.75, 3.05) is 20.1 Å². The van der Waals surface area contributed by atoms with Crippen LogP contribution in [0.3, 0.4) is 0 Å². The molecule has 1 amide bonds. The monoisotopic (exact) mass is 418 g/mol. The van der Waals surface area contributed by atoms with Crippen molar-refractivity contribution in [1.29, 1.82) is 0 Å². The fraction of sp³-hybridized carbons (Fsp3) is 0.375. The van der Waals surface area contributed by atoms with Crippen molar-refractivity contribution in [3.63, 3.8) is 0 Å². The first-order chi connectivity index (χ1) is 15.1. The summed E-state index contributed by atoms with van der Waals surface area (Å²) in [6.45, 7) is 3.74. The van der Waals surface area contributed by atoms with Crippen molar-refractivity contribution in [2.24, 2.45) is 5.92 Å². The largest absolute Gasteiger partial charge is 0.472 e. The molecule has 0 radical (unpaired) electrons. The maximum atomic E-state index is 13.2. The van der Waals surface area contributed by atoms with Crippen LogP contribution in [-0.4, -0.2) is 45.4 Å². The number of nitrogens with zero attached hydrogens (tertiary/aromatic N) is 4. The third-order valence-corrected chi connectivity index (χ3v) is 6.37. The molecule has 3 aromatic heterocycles. The van der Waals surface area contributed by atoms with E-state index in [-0.39, 0.29) is 17.0 Å². The summed E-state index contributed by atoms with van der Waals surface area (Å²) in [5, 5.41) is 0. The van der Waals surface area contributed by atoms with Crippen LogP contribution in [0.15, 0.2) is 64.3 Å². The third-order valence-electron chi connectivity index (χ3n) is 6.37. The van der Waals surface area contributed by atoms with Gasteiger partial charge in [-0.25, -0.2) is 0 Å². The van der Waals surface area contributed by atoms with Gasteiger partial charge in [0.2, 0.25) is 0 Å². The summed E-state index contributed by atoms with van der Waals surface area (Å²) in [4.78, 5) is 34.6. The average Bonchev–Trinajstić information content (AvgIpc) is 3.28. The molecule has 2 aliphatic heterocycles. The molecule has 31 heavy (non-hydrogen) atoms. The van der Waals surface area contributed by atoms with Gasteiger partial charge in [0.25, 0.3) is 11.5 Å². The molecular formula is C24H26N4O3. The highest BCUT2D eigenvalue weighted by molar-refractivity contribution is 5.93. The number of hydrogen-bond acceptors (Lipinski definition) is 5. The average molecular weight is 418 g/mol. The van der Waals surface area contributed by atoms with E-state index in [0.29, 0.717) is 24.9 Å². The number of amides is 1. The van der Waals surface area contributed by atoms with E-state index >= 15 is 0 Å². The van der Waals surface area contributed by atoms with E-state index in [1.54, 1.807) is 30.5 Å². The maximum Gasteiger partial charge on any atom is 0.263 e. The summed E-state index contributed by atoms with van der Waals surface area (Å²) in [7, 11) is 1.71. The molecule has 0 N–H and O–H groups in total. The van der Waals surface area contributed by atoms with Gasteiger partial charge in [-0.3, -0.25) is 19.5 Å². The zero-order valence-corrected chi connectivity index (χ0v) is 17.6. The first kappa shape index (κ1) is 19.8. The Hall–Kier alpha value is -3.19. The van der Waals surface area contributed by atoms with Crippen LogP contribution in [0.5, 0.6) is 0 Å². The number of furan rings is 1. The molecule has 0 spiro atoms. The fourth-order valence-corrected chi connectivity index (χ4v) is 4.99. The molecule has 7 nitrogen and oxygen atoms in total. The number of carbonyl (C=O) groups is 1. The number of carbonyl (C=O) groups excluding carboxylic acids is 1. The number of fused-ring (bicyclic) bond motifs is 4. The number of likely N-dealkylation sites (tertiary alicyclic amines) is 1. The van der Waals surface area contributed by atoms with Gasteiger partial charge in [0, 0.05) is 63.1 Å². The van der Waals surface area contributed by atoms with Crippen LogP contribution in [0.4, 0.5) is 0 Å². The van der Waals surface area contributed by atoms with E-state index in [4.69, 9.17) is 4.42 Å². The maximum absolute atomic E-state index is 13.2. The lowest BCUT2D eigenvalue weighted by Gasteiger charge is -2.42. The second-order valence-corrected chi connectivity index (χ2v) is 8.69. The Morgan fingerprint density at radius 3 is 2.87 bits per heavy atom. The van der Waals surface area contributed by atoms with Gasteiger partial charge in [-0.15, -0.1) is 0 Å². The Morgan fingerprint density at radius 1 is 1.19 bits per heavy atom. The van der Waals surface area contributed by atoms with Gasteiger partial charge >= 0.3 is 0 Å². The van der Waals surface area contributed by atoms with E-state index in [0.717, 1.165) is 43.0 Å². The van der Waals surface area contributed by atoms with Crippen molar-refractivity contribution in [3.05, 3.63) is 88.0 Å². The number of aromatic nitrogens is 2. The SMILES string of the molecule is CN(Cc1ccoc1)C(=O)c1ccc2n(c1=O)C[C@H]1C[C@@H]2CN(Cc2ccccn2)C1. The highest BCUT2D eigenvalue weighted by Crippen LogP contribution is 2.35. The van der Waals surface area contributed by atoms with Gasteiger partial charge < -0.3 is 13.9 Å². The second kappa shape index (κ2) is 8.15. The highest BCUT2D eigenvalue weighted by atomic mass is 16.3. The van der Waals surface area contributed by atoms with Crippen molar-refractivity contribution in [3.8, 4) is 0 Å². The molecule has 5 rings (SSSR count). The molecule has 0 unspecified atom stereocenters. The number of piperidine rings is 1. The van der Waals surface area contributed by atoms with Crippen LogP contribution in [0, 0.1) is 5.92 Å². The molecule has 7 heteroatoms. The van der Waals surface area contributed by atoms with E-state index in [9.17, 15) is 9.59 Å². The minimum absolute atomic E-state index is 0.172. The lowest BCUT2D eigenvalue weighted by molar-refractivity contribution is 0.0779. The Morgan fingerprint density at radius 2 is 2.10 bits per heavy atom. The van der Waals surface area contributed by atoms with Crippen LogP contribution >= 0.6 is 0 Å². The predicted octanol–water partition coefficient (Wildman–Crippen LogP) is 2.73. The molecule has 0 saturated carbocycles. The van der Waals surface area contributed by atoms with Crippen LogP contribution in [0.25, 0.3) is 0 Å². The molecule has 5 heterocycles. The molecule has 0 aliphatic carbocycles. The van der Waals surface area contributed by atoms with E-state index in [1.165, 1.54) is 0 Å². The molecule has 2 atom stereocenters. The van der Waals surface area contributed by atoms with Crippen molar-refractivity contribution in [1.82, 2.24) is 19.4 Å². The normalized spacial score (nSPS) is 20.3.